The first kappa shape index (κ1) is 16.1. The molecule has 1 N–H and O–H groups in total. The molecule has 3 aliphatic rings. The minimum atomic E-state index is 0.243. The second kappa shape index (κ2) is 7.26. The third kappa shape index (κ3) is 3.66. The van der Waals surface area contributed by atoms with Crippen LogP contribution < -0.4 is 5.32 Å². The van der Waals surface area contributed by atoms with Gasteiger partial charge in [0.25, 0.3) is 0 Å². The highest BCUT2D eigenvalue weighted by atomic mass is 16.5. The van der Waals surface area contributed by atoms with E-state index in [9.17, 15) is 4.79 Å². The minimum absolute atomic E-state index is 0.243. The van der Waals surface area contributed by atoms with Crippen LogP contribution in [0.3, 0.4) is 0 Å². The van der Waals surface area contributed by atoms with Crippen LogP contribution in [-0.4, -0.2) is 35.1 Å². The molecule has 132 valence electrons. The second-order valence-corrected chi connectivity index (χ2v) is 7.88. The Morgan fingerprint density at radius 2 is 1.96 bits per heavy atom. The van der Waals surface area contributed by atoms with Gasteiger partial charge >= 0.3 is 0 Å². The predicted molar refractivity (Wildman–Crippen MR) is 91.5 cm³/mol. The summed E-state index contributed by atoms with van der Waals surface area (Å²) in [6.07, 6.45) is 11.1. The third-order valence-corrected chi connectivity index (χ3v) is 6.01. The predicted octanol–water partition coefficient (Wildman–Crippen LogP) is 2.82. The fourth-order valence-corrected chi connectivity index (χ4v) is 4.63. The smallest absolute Gasteiger partial charge is 0.220 e. The molecule has 1 amide bonds. The van der Waals surface area contributed by atoms with Crippen molar-refractivity contribution in [3.63, 3.8) is 0 Å². The van der Waals surface area contributed by atoms with E-state index in [4.69, 9.17) is 4.52 Å². The summed E-state index contributed by atoms with van der Waals surface area (Å²) < 4.78 is 5.57. The van der Waals surface area contributed by atoms with Crippen molar-refractivity contribution < 1.29 is 9.32 Å². The van der Waals surface area contributed by atoms with Gasteiger partial charge in [0.2, 0.25) is 5.91 Å². The highest BCUT2D eigenvalue weighted by Gasteiger charge is 2.28. The highest BCUT2D eigenvalue weighted by Crippen LogP contribution is 2.29. The SMILES string of the molecule is O=C(CC1CCCC1)NC1CCc2onc(CN3CCCC3)c2C1. The first-order valence-electron chi connectivity index (χ1n) is 9.76. The van der Waals surface area contributed by atoms with Gasteiger partial charge < -0.3 is 9.84 Å². The monoisotopic (exact) mass is 331 g/mol. The average Bonchev–Trinajstić information content (AvgIpc) is 3.31. The summed E-state index contributed by atoms with van der Waals surface area (Å²) in [5.41, 5.74) is 2.36. The summed E-state index contributed by atoms with van der Waals surface area (Å²) >= 11 is 0. The number of fused-ring (bicyclic) bond motifs is 1. The van der Waals surface area contributed by atoms with Gasteiger partial charge in [-0.3, -0.25) is 9.69 Å². The van der Waals surface area contributed by atoms with Gasteiger partial charge in [-0.05, 0) is 57.5 Å². The van der Waals surface area contributed by atoms with Crippen molar-refractivity contribution in [3.8, 4) is 0 Å². The van der Waals surface area contributed by atoms with E-state index in [1.807, 2.05) is 0 Å². The molecule has 2 aliphatic carbocycles. The summed E-state index contributed by atoms with van der Waals surface area (Å²) in [5.74, 6) is 1.91. The molecule has 1 aromatic heterocycles. The Labute approximate surface area is 144 Å². The van der Waals surface area contributed by atoms with Crippen molar-refractivity contribution in [1.29, 1.82) is 0 Å². The number of carbonyl (C=O) groups excluding carboxylic acids is 1. The number of nitrogens with zero attached hydrogens (tertiary/aromatic N) is 2. The molecule has 2 fully saturated rings. The summed E-state index contributed by atoms with van der Waals surface area (Å²) in [6, 6.07) is 0.253. The first-order chi connectivity index (χ1) is 11.8. The Morgan fingerprint density at radius 3 is 2.75 bits per heavy atom. The van der Waals surface area contributed by atoms with Crippen molar-refractivity contribution in [2.45, 2.75) is 76.8 Å². The highest BCUT2D eigenvalue weighted by molar-refractivity contribution is 5.76. The number of hydrogen-bond acceptors (Lipinski definition) is 4. The van der Waals surface area contributed by atoms with E-state index in [0.717, 1.165) is 37.3 Å². The Balaban J connectivity index is 1.34. The van der Waals surface area contributed by atoms with Crippen LogP contribution >= 0.6 is 0 Å². The van der Waals surface area contributed by atoms with Crippen LogP contribution in [-0.2, 0) is 24.2 Å². The number of amides is 1. The van der Waals surface area contributed by atoms with Gasteiger partial charge in [-0.15, -0.1) is 0 Å². The quantitative estimate of drug-likeness (QED) is 0.901. The third-order valence-electron chi connectivity index (χ3n) is 6.01. The maximum absolute atomic E-state index is 12.3. The lowest BCUT2D eigenvalue weighted by atomic mass is 9.91. The number of carbonyl (C=O) groups is 1. The lowest BCUT2D eigenvalue weighted by Crippen LogP contribution is -2.39. The lowest BCUT2D eigenvalue weighted by Gasteiger charge is -2.24. The van der Waals surface area contributed by atoms with Gasteiger partial charge in [0.15, 0.2) is 0 Å². The molecule has 5 nitrogen and oxygen atoms in total. The maximum atomic E-state index is 12.3. The van der Waals surface area contributed by atoms with Crippen LogP contribution in [0.25, 0.3) is 0 Å². The number of hydrogen-bond donors (Lipinski definition) is 1. The summed E-state index contributed by atoms with van der Waals surface area (Å²) in [6.45, 7) is 3.24. The van der Waals surface area contributed by atoms with Crippen LogP contribution in [0.5, 0.6) is 0 Å². The molecule has 0 bridgehead atoms. The molecular formula is C19H29N3O2. The molecule has 1 aliphatic heterocycles. The molecule has 4 rings (SSSR count). The Morgan fingerprint density at radius 1 is 1.17 bits per heavy atom. The molecule has 1 saturated heterocycles. The summed E-state index contributed by atoms with van der Waals surface area (Å²) in [4.78, 5) is 14.8. The molecule has 0 spiro atoms. The Bertz CT molecular complexity index is 571. The van der Waals surface area contributed by atoms with Gasteiger partial charge in [0.1, 0.15) is 11.5 Å². The molecule has 1 atom stereocenters. The number of likely N-dealkylation sites (tertiary alicyclic amines) is 1. The molecule has 1 saturated carbocycles. The number of aryl methyl sites for hydroxylation is 1. The molecule has 2 heterocycles. The van der Waals surface area contributed by atoms with Crippen molar-refractivity contribution in [2.24, 2.45) is 5.92 Å². The van der Waals surface area contributed by atoms with Crippen LogP contribution in [0.2, 0.25) is 0 Å². The standard InChI is InChI=1S/C19H29N3O2/c23-19(11-14-5-1-2-6-14)20-15-7-8-18-16(12-15)17(21-24-18)13-22-9-3-4-10-22/h14-15H,1-13H2,(H,20,23). The van der Waals surface area contributed by atoms with Crippen LogP contribution in [0.1, 0.15) is 68.4 Å². The topological polar surface area (TPSA) is 58.4 Å². The zero-order chi connectivity index (χ0) is 16.4. The van der Waals surface area contributed by atoms with E-state index in [-0.39, 0.29) is 11.9 Å². The van der Waals surface area contributed by atoms with E-state index in [1.54, 1.807) is 0 Å². The largest absolute Gasteiger partial charge is 0.361 e. The zero-order valence-corrected chi connectivity index (χ0v) is 14.6. The second-order valence-electron chi connectivity index (χ2n) is 7.88. The first-order valence-corrected chi connectivity index (χ1v) is 9.76. The molecule has 5 heteroatoms. The molecule has 1 aromatic rings. The maximum Gasteiger partial charge on any atom is 0.220 e. The van der Waals surface area contributed by atoms with Gasteiger partial charge in [0.05, 0.1) is 0 Å². The van der Waals surface area contributed by atoms with E-state index in [0.29, 0.717) is 12.3 Å². The van der Waals surface area contributed by atoms with E-state index in [2.05, 4.69) is 15.4 Å². The van der Waals surface area contributed by atoms with Gasteiger partial charge in [-0.1, -0.05) is 18.0 Å². The zero-order valence-electron chi connectivity index (χ0n) is 14.6. The Hall–Kier alpha value is -1.36. The summed E-state index contributed by atoms with van der Waals surface area (Å²) in [5, 5.41) is 7.60. The molecule has 24 heavy (non-hydrogen) atoms. The molecular weight excluding hydrogens is 302 g/mol. The minimum Gasteiger partial charge on any atom is -0.361 e. The van der Waals surface area contributed by atoms with Gasteiger partial charge in [-0.2, -0.15) is 0 Å². The molecule has 1 unspecified atom stereocenters. The molecule has 0 radical (unpaired) electrons. The van der Waals surface area contributed by atoms with E-state index >= 15 is 0 Å². The fourth-order valence-electron chi connectivity index (χ4n) is 4.63. The van der Waals surface area contributed by atoms with E-state index < -0.39 is 0 Å². The van der Waals surface area contributed by atoms with Crippen LogP contribution in [0, 0.1) is 5.92 Å². The number of nitrogens with one attached hydrogen (secondary N) is 1. The Kier molecular flexibility index (Phi) is 4.88. The van der Waals surface area contributed by atoms with Crippen molar-refractivity contribution >= 4 is 5.91 Å². The number of rotatable bonds is 5. The molecule has 0 aromatic carbocycles. The summed E-state index contributed by atoms with van der Waals surface area (Å²) in [7, 11) is 0. The lowest BCUT2D eigenvalue weighted by molar-refractivity contribution is -0.122. The average molecular weight is 331 g/mol. The fraction of sp³-hybridized carbons (Fsp3) is 0.789. The van der Waals surface area contributed by atoms with Gasteiger partial charge in [-0.25, -0.2) is 0 Å². The van der Waals surface area contributed by atoms with E-state index in [1.165, 1.54) is 57.2 Å². The van der Waals surface area contributed by atoms with Crippen molar-refractivity contribution in [2.75, 3.05) is 13.1 Å². The van der Waals surface area contributed by atoms with Gasteiger partial charge in [0, 0.05) is 31.0 Å². The normalized spacial score (nSPS) is 25.1. The van der Waals surface area contributed by atoms with Crippen molar-refractivity contribution in [3.05, 3.63) is 17.0 Å². The van der Waals surface area contributed by atoms with Crippen LogP contribution in [0.4, 0.5) is 0 Å². The van der Waals surface area contributed by atoms with Crippen LogP contribution in [0.15, 0.2) is 4.52 Å². The number of aromatic nitrogens is 1. The van der Waals surface area contributed by atoms with Crippen molar-refractivity contribution in [1.82, 2.24) is 15.4 Å².